The third-order valence-corrected chi connectivity index (χ3v) is 5.16. The third kappa shape index (κ3) is 5.30. The van der Waals surface area contributed by atoms with Gasteiger partial charge in [0.2, 0.25) is 15.9 Å². The predicted octanol–water partition coefficient (Wildman–Crippen LogP) is 2.82. The van der Waals surface area contributed by atoms with E-state index in [0.717, 1.165) is 5.56 Å². The summed E-state index contributed by atoms with van der Waals surface area (Å²) in [6.07, 6.45) is -0.0440. The van der Waals surface area contributed by atoms with E-state index in [0.29, 0.717) is 11.6 Å². The number of hydrogen-bond acceptors (Lipinski definition) is 4. The molecule has 2 aromatic rings. The van der Waals surface area contributed by atoms with E-state index in [1.165, 1.54) is 6.07 Å². The summed E-state index contributed by atoms with van der Waals surface area (Å²) in [5.41, 5.74) is 1.35. The van der Waals surface area contributed by atoms with E-state index in [-0.39, 0.29) is 29.5 Å². The van der Waals surface area contributed by atoms with Gasteiger partial charge >= 0.3 is 0 Å². The number of nitrogens with one attached hydrogen (secondary N) is 2. The number of carbonyl (C=O) groups is 1. The highest BCUT2D eigenvalue weighted by Crippen LogP contribution is 2.21. The van der Waals surface area contributed by atoms with Crippen molar-refractivity contribution in [2.75, 3.05) is 11.9 Å². The molecule has 0 saturated carbocycles. The number of phenolic OH excluding ortho intramolecular Hbond substituents is 1. The number of anilines is 1. The molecule has 0 unspecified atom stereocenters. The van der Waals surface area contributed by atoms with Crippen molar-refractivity contribution in [2.45, 2.75) is 31.1 Å². The standard InChI is InChI=1S/C18H22N2O4S/c1-13(2)14-7-9-15(10-8-14)25(23,24)19-12-11-18(22)20-16-5-3-4-6-17(16)21/h3-10,13,19,21H,11-12H2,1-2H3,(H,20,22). The number of benzene rings is 2. The zero-order valence-electron chi connectivity index (χ0n) is 14.2. The van der Waals surface area contributed by atoms with Gasteiger partial charge < -0.3 is 10.4 Å². The lowest BCUT2D eigenvalue weighted by Gasteiger charge is -2.10. The van der Waals surface area contributed by atoms with Crippen LogP contribution in [-0.2, 0) is 14.8 Å². The number of amides is 1. The van der Waals surface area contributed by atoms with Crippen LogP contribution in [0.15, 0.2) is 53.4 Å². The number of hydrogen-bond donors (Lipinski definition) is 3. The number of sulfonamides is 1. The Kier molecular flexibility index (Phi) is 6.17. The summed E-state index contributed by atoms with van der Waals surface area (Å²) in [6, 6.07) is 13.0. The Morgan fingerprint density at radius 1 is 1.08 bits per heavy atom. The van der Waals surface area contributed by atoms with Crippen molar-refractivity contribution in [3.8, 4) is 5.75 Å². The van der Waals surface area contributed by atoms with Crippen LogP contribution in [0.25, 0.3) is 0 Å². The van der Waals surface area contributed by atoms with Gasteiger partial charge in [-0.1, -0.05) is 38.1 Å². The average Bonchev–Trinajstić information content (AvgIpc) is 2.57. The molecule has 0 atom stereocenters. The van der Waals surface area contributed by atoms with E-state index >= 15 is 0 Å². The maximum atomic E-state index is 12.2. The van der Waals surface area contributed by atoms with Crippen LogP contribution in [0.5, 0.6) is 5.75 Å². The molecule has 0 aliphatic carbocycles. The molecule has 2 rings (SSSR count). The van der Waals surface area contributed by atoms with Gasteiger partial charge in [-0.05, 0) is 35.7 Å². The third-order valence-electron chi connectivity index (χ3n) is 3.68. The molecule has 0 fully saturated rings. The molecule has 0 saturated heterocycles. The van der Waals surface area contributed by atoms with E-state index < -0.39 is 10.0 Å². The normalized spacial score (nSPS) is 11.5. The Morgan fingerprint density at radius 3 is 2.32 bits per heavy atom. The largest absolute Gasteiger partial charge is 0.506 e. The molecular formula is C18H22N2O4S. The molecule has 7 heteroatoms. The molecule has 0 aliphatic heterocycles. The zero-order chi connectivity index (χ0) is 18.4. The van der Waals surface area contributed by atoms with Crippen LogP contribution in [0.1, 0.15) is 31.7 Å². The minimum Gasteiger partial charge on any atom is -0.506 e. The summed E-state index contributed by atoms with van der Waals surface area (Å²) in [5, 5.41) is 12.1. The van der Waals surface area contributed by atoms with Crippen LogP contribution < -0.4 is 10.0 Å². The first-order chi connectivity index (χ1) is 11.8. The molecule has 0 radical (unpaired) electrons. The lowest BCUT2D eigenvalue weighted by Crippen LogP contribution is -2.27. The number of phenols is 1. The summed E-state index contributed by atoms with van der Waals surface area (Å²) in [7, 11) is -3.66. The van der Waals surface area contributed by atoms with Gasteiger partial charge in [0.05, 0.1) is 10.6 Å². The van der Waals surface area contributed by atoms with E-state index in [1.807, 2.05) is 13.8 Å². The molecule has 0 aliphatic rings. The maximum absolute atomic E-state index is 12.2. The van der Waals surface area contributed by atoms with Gasteiger partial charge in [0, 0.05) is 13.0 Å². The minimum absolute atomic E-state index is 0.0340. The summed E-state index contributed by atoms with van der Waals surface area (Å²) < 4.78 is 26.9. The molecule has 0 aromatic heterocycles. The molecule has 0 heterocycles. The van der Waals surface area contributed by atoms with E-state index in [9.17, 15) is 18.3 Å². The Morgan fingerprint density at radius 2 is 1.72 bits per heavy atom. The number of carbonyl (C=O) groups excluding carboxylic acids is 1. The van der Waals surface area contributed by atoms with Gasteiger partial charge in [0.15, 0.2) is 0 Å². The van der Waals surface area contributed by atoms with Crippen molar-refractivity contribution >= 4 is 21.6 Å². The van der Waals surface area contributed by atoms with Crippen LogP contribution in [0.3, 0.4) is 0 Å². The second-order valence-corrected chi connectivity index (χ2v) is 7.70. The van der Waals surface area contributed by atoms with Gasteiger partial charge in [-0.3, -0.25) is 4.79 Å². The second kappa shape index (κ2) is 8.13. The zero-order valence-corrected chi connectivity index (χ0v) is 15.0. The van der Waals surface area contributed by atoms with E-state index in [2.05, 4.69) is 10.0 Å². The first-order valence-electron chi connectivity index (χ1n) is 7.97. The lowest BCUT2D eigenvalue weighted by molar-refractivity contribution is -0.116. The fourth-order valence-corrected chi connectivity index (χ4v) is 3.24. The summed E-state index contributed by atoms with van der Waals surface area (Å²) >= 11 is 0. The van der Waals surface area contributed by atoms with Crippen molar-refractivity contribution < 1.29 is 18.3 Å². The first kappa shape index (κ1) is 19.0. The van der Waals surface area contributed by atoms with E-state index in [1.54, 1.807) is 42.5 Å². The van der Waals surface area contributed by atoms with Crippen molar-refractivity contribution in [2.24, 2.45) is 0 Å². The molecule has 2 aromatic carbocycles. The SMILES string of the molecule is CC(C)c1ccc(S(=O)(=O)NCCC(=O)Nc2ccccc2O)cc1. The monoisotopic (exact) mass is 362 g/mol. The van der Waals surface area contributed by atoms with E-state index in [4.69, 9.17) is 0 Å². The van der Waals surface area contributed by atoms with Crippen molar-refractivity contribution in [3.05, 3.63) is 54.1 Å². The fourth-order valence-electron chi connectivity index (χ4n) is 2.21. The van der Waals surface area contributed by atoms with Crippen LogP contribution in [0.2, 0.25) is 0 Å². The van der Waals surface area contributed by atoms with Crippen LogP contribution in [-0.4, -0.2) is 26.0 Å². The smallest absolute Gasteiger partial charge is 0.240 e. The highest BCUT2D eigenvalue weighted by molar-refractivity contribution is 7.89. The summed E-state index contributed by atoms with van der Waals surface area (Å²) in [6.45, 7) is 4.03. The predicted molar refractivity (Wildman–Crippen MR) is 97.1 cm³/mol. The highest BCUT2D eigenvalue weighted by atomic mass is 32.2. The van der Waals surface area contributed by atoms with Gasteiger partial charge in [-0.2, -0.15) is 0 Å². The lowest BCUT2D eigenvalue weighted by atomic mass is 10.0. The number of para-hydroxylation sites is 2. The molecule has 3 N–H and O–H groups in total. The number of rotatable bonds is 7. The molecule has 0 spiro atoms. The fraction of sp³-hybridized carbons (Fsp3) is 0.278. The van der Waals surface area contributed by atoms with Gasteiger partial charge in [0.1, 0.15) is 5.75 Å². The Balaban J connectivity index is 1.89. The molecule has 0 bridgehead atoms. The molecule has 25 heavy (non-hydrogen) atoms. The van der Waals surface area contributed by atoms with Crippen molar-refractivity contribution in [1.29, 1.82) is 0 Å². The Labute approximate surface area is 147 Å². The van der Waals surface area contributed by atoms with Crippen molar-refractivity contribution in [3.63, 3.8) is 0 Å². The second-order valence-electron chi connectivity index (χ2n) is 5.94. The quantitative estimate of drug-likeness (QED) is 0.660. The molecule has 134 valence electrons. The Bertz CT molecular complexity index is 830. The Hall–Kier alpha value is -2.38. The minimum atomic E-state index is -3.66. The highest BCUT2D eigenvalue weighted by Gasteiger charge is 2.15. The van der Waals surface area contributed by atoms with Gasteiger partial charge in [-0.25, -0.2) is 13.1 Å². The maximum Gasteiger partial charge on any atom is 0.240 e. The average molecular weight is 362 g/mol. The molecule has 1 amide bonds. The molecular weight excluding hydrogens is 340 g/mol. The number of aromatic hydroxyl groups is 1. The summed E-state index contributed by atoms with van der Waals surface area (Å²) in [4.78, 5) is 12.0. The topological polar surface area (TPSA) is 95.5 Å². The first-order valence-corrected chi connectivity index (χ1v) is 9.45. The van der Waals surface area contributed by atoms with Gasteiger partial charge in [0.25, 0.3) is 0 Å². The van der Waals surface area contributed by atoms with Crippen LogP contribution in [0.4, 0.5) is 5.69 Å². The summed E-state index contributed by atoms with van der Waals surface area (Å²) in [5.74, 6) is -0.108. The van der Waals surface area contributed by atoms with Gasteiger partial charge in [-0.15, -0.1) is 0 Å². The van der Waals surface area contributed by atoms with Crippen LogP contribution in [0, 0.1) is 0 Å². The molecule has 6 nitrogen and oxygen atoms in total. The van der Waals surface area contributed by atoms with Crippen LogP contribution >= 0.6 is 0 Å². The van der Waals surface area contributed by atoms with Crippen molar-refractivity contribution in [1.82, 2.24) is 4.72 Å².